The number of carbonyl (C=O) groups excluding carboxylic acids is 1. The molecule has 0 radical (unpaired) electrons. The third kappa shape index (κ3) is 9.57. The maximum Gasteiger partial charge on any atom is 0.306 e. The lowest BCUT2D eigenvalue weighted by atomic mass is 9.74. The highest BCUT2D eigenvalue weighted by atomic mass is 32.2. The van der Waals surface area contributed by atoms with Crippen LogP contribution in [-0.4, -0.2) is 82.3 Å². The number of aliphatic hydroxyl groups is 1. The number of hydrogen-bond acceptors (Lipinski definition) is 8. The summed E-state index contributed by atoms with van der Waals surface area (Å²) in [4.78, 5) is 25.7. The van der Waals surface area contributed by atoms with Gasteiger partial charge in [-0.15, -0.1) is 0 Å². The van der Waals surface area contributed by atoms with Gasteiger partial charge < -0.3 is 20.3 Å². The number of sulfonamides is 1. The van der Waals surface area contributed by atoms with Crippen molar-refractivity contribution < 1.29 is 41.4 Å². The predicted molar refractivity (Wildman–Crippen MR) is 170 cm³/mol. The molecule has 6 unspecified atom stereocenters. The number of carboxylic acids is 1. The number of hydrogen-bond donors (Lipinski definition) is 4. The largest absolute Gasteiger partial charge is 0.481 e. The lowest BCUT2D eigenvalue weighted by Crippen LogP contribution is -2.55. The monoisotopic (exact) mass is 660 g/mol. The summed E-state index contributed by atoms with van der Waals surface area (Å²) in [6, 6.07) is 18.0. The molecule has 1 amide bonds. The van der Waals surface area contributed by atoms with Crippen LogP contribution in [0.2, 0.25) is 0 Å². The van der Waals surface area contributed by atoms with Crippen molar-refractivity contribution in [3.63, 3.8) is 0 Å². The zero-order chi connectivity index (χ0) is 32.8. The topological polar surface area (TPSA) is 176 Å². The Balaban J connectivity index is 1.58. The second-order valence-corrected chi connectivity index (χ2v) is 15.5. The summed E-state index contributed by atoms with van der Waals surface area (Å²) >= 11 is 0. The highest BCUT2D eigenvalue weighted by Crippen LogP contribution is 2.35. The van der Waals surface area contributed by atoms with Crippen LogP contribution in [-0.2, 0) is 40.6 Å². The highest BCUT2D eigenvalue weighted by molar-refractivity contribution is 7.91. The average Bonchev–Trinajstić information content (AvgIpc) is 2.99. The van der Waals surface area contributed by atoms with E-state index < -0.39 is 67.5 Å². The van der Waals surface area contributed by atoms with Gasteiger partial charge in [-0.3, -0.25) is 9.59 Å². The van der Waals surface area contributed by atoms with E-state index in [0.29, 0.717) is 24.6 Å². The van der Waals surface area contributed by atoms with E-state index in [2.05, 4.69) is 10.0 Å². The zero-order valence-corrected chi connectivity index (χ0v) is 26.8. The Kier molecular flexibility index (Phi) is 11.4. The van der Waals surface area contributed by atoms with E-state index in [4.69, 9.17) is 4.74 Å². The minimum absolute atomic E-state index is 0.0603. The second-order valence-electron chi connectivity index (χ2n) is 11.7. The van der Waals surface area contributed by atoms with Gasteiger partial charge in [-0.2, -0.15) is 0 Å². The maximum absolute atomic E-state index is 13.7. The molecular weight excluding hydrogens is 620 g/mol. The van der Waals surface area contributed by atoms with Gasteiger partial charge in [0.05, 0.1) is 41.1 Å². The van der Waals surface area contributed by atoms with Crippen LogP contribution < -0.4 is 10.0 Å². The molecule has 4 N–H and O–H groups in total. The van der Waals surface area contributed by atoms with Crippen molar-refractivity contribution >= 4 is 42.5 Å². The van der Waals surface area contributed by atoms with E-state index >= 15 is 0 Å². The number of benzene rings is 3. The van der Waals surface area contributed by atoms with Crippen LogP contribution in [0.3, 0.4) is 0 Å². The molecule has 244 valence electrons. The van der Waals surface area contributed by atoms with Crippen molar-refractivity contribution in [3.8, 4) is 0 Å². The number of aliphatic carboxylic acids is 1. The lowest BCUT2D eigenvalue weighted by molar-refractivity contribution is -0.148. The minimum Gasteiger partial charge on any atom is -0.481 e. The fourth-order valence-electron chi connectivity index (χ4n) is 6.00. The van der Waals surface area contributed by atoms with E-state index in [0.717, 1.165) is 17.2 Å². The number of nitrogens with one attached hydrogen (secondary N) is 2. The van der Waals surface area contributed by atoms with Gasteiger partial charge in [0.25, 0.3) is 0 Å². The molecule has 0 bridgehead atoms. The number of amides is 1. The first kappa shape index (κ1) is 34.5. The van der Waals surface area contributed by atoms with Gasteiger partial charge in [0.15, 0.2) is 9.84 Å². The van der Waals surface area contributed by atoms with Crippen LogP contribution in [0.25, 0.3) is 10.8 Å². The molecule has 11 nitrogen and oxygen atoms in total. The highest BCUT2D eigenvalue weighted by Gasteiger charge is 2.39. The van der Waals surface area contributed by atoms with E-state index in [1.165, 1.54) is 19.2 Å². The van der Waals surface area contributed by atoms with Crippen molar-refractivity contribution in [2.75, 3.05) is 19.1 Å². The summed E-state index contributed by atoms with van der Waals surface area (Å²) in [5.41, 5.74) is 0.760. The number of carbonyl (C=O) groups is 2. The average molecular weight is 661 g/mol. The Bertz CT molecular complexity index is 1700. The second kappa shape index (κ2) is 14.8. The molecule has 4 rings (SSSR count). The number of ether oxygens (including phenoxy) is 1. The molecule has 0 spiro atoms. The minimum atomic E-state index is -4.16. The third-order valence-electron chi connectivity index (χ3n) is 8.37. The van der Waals surface area contributed by atoms with Crippen molar-refractivity contribution in [3.05, 3.63) is 78.4 Å². The van der Waals surface area contributed by atoms with Gasteiger partial charge in [-0.1, -0.05) is 60.7 Å². The van der Waals surface area contributed by atoms with Crippen molar-refractivity contribution in [2.24, 2.45) is 11.8 Å². The standard InChI is InChI=1S/C32H40N2O9S2/c1-43-25-14-12-24(27(19-25)32(37)38)18-30(35)28(16-21-8-4-3-5-9-21)33-31(36)29(34-44(2,39)40)20-45(41,42)26-15-13-22-10-6-7-11-23(22)17-26/h3-11,13,15,17,24-25,27-30,34-35H,12,14,16,18-20H2,1-2H3,(H,33,36)(H,37,38). The Morgan fingerprint density at radius 3 is 2.27 bits per heavy atom. The van der Waals surface area contributed by atoms with Gasteiger partial charge in [0.1, 0.15) is 6.04 Å². The Labute approximate surface area is 264 Å². The van der Waals surface area contributed by atoms with E-state index in [1.54, 1.807) is 42.5 Å². The maximum atomic E-state index is 13.7. The zero-order valence-electron chi connectivity index (χ0n) is 25.2. The molecule has 1 aliphatic rings. The van der Waals surface area contributed by atoms with Gasteiger partial charge in [0.2, 0.25) is 15.9 Å². The van der Waals surface area contributed by atoms with Crippen LogP contribution >= 0.6 is 0 Å². The van der Waals surface area contributed by atoms with E-state index in [-0.39, 0.29) is 23.8 Å². The Hall–Kier alpha value is -3.36. The molecule has 3 aromatic rings. The number of aliphatic hydroxyl groups excluding tert-OH is 1. The number of rotatable bonds is 14. The SMILES string of the molecule is COC1CCC(CC(O)C(Cc2ccccc2)NC(=O)C(CS(=O)(=O)c2ccc3ccccc3c2)NS(C)(=O)=O)C(C(=O)O)C1. The van der Waals surface area contributed by atoms with E-state index in [1.807, 2.05) is 18.2 Å². The van der Waals surface area contributed by atoms with Crippen LogP contribution in [0, 0.1) is 11.8 Å². The normalized spacial score (nSPS) is 21.1. The van der Waals surface area contributed by atoms with Gasteiger partial charge in [-0.05, 0) is 66.5 Å². The van der Waals surface area contributed by atoms with E-state index in [9.17, 15) is 36.6 Å². The summed E-state index contributed by atoms with van der Waals surface area (Å²) in [7, 11) is -6.66. The first-order valence-corrected chi connectivity index (χ1v) is 18.3. The third-order valence-corrected chi connectivity index (χ3v) is 10.8. The summed E-state index contributed by atoms with van der Waals surface area (Å²) in [5, 5.41) is 25.5. The van der Waals surface area contributed by atoms with Crippen molar-refractivity contribution in [2.45, 2.75) is 61.3 Å². The van der Waals surface area contributed by atoms with Crippen molar-refractivity contribution in [1.82, 2.24) is 10.0 Å². The molecule has 0 aliphatic heterocycles. The molecule has 1 saturated carbocycles. The molecule has 3 aromatic carbocycles. The quantitative estimate of drug-likeness (QED) is 0.202. The van der Waals surface area contributed by atoms with Crippen LogP contribution in [0.1, 0.15) is 31.2 Å². The number of fused-ring (bicyclic) bond motifs is 1. The first-order valence-electron chi connectivity index (χ1n) is 14.7. The molecule has 0 aromatic heterocycles. The molecule has 13 heteroatoms. The molecule has 1 fully saturated rings. The molecule has 1 aliphatic carbocycles. The first-order chi connectivity index (χ1) is 21.3. The smallest absolute Gasteiger partial charge is 0.306 e. The van der Waals surface area contributed by atoms with Crippen LogP contribution in [0.5, 0.6) is 0 Å². The summed E-state index contributed by atoms with van der Waals surface area (Å²) in [5.74, 6) is -3.92. The number of carboxylic acid groups (broad SMARTS) is 1. The number of methoxy groups -OCH3 is 1. The van der Waals surface area contributed by atoms with Crippen molar-refractivity contribution in [1.29, 1.82) is 0 Å². The van der Waals surface area contributed by atoms with Gasteiger partial charge in [-0.25, -0.2) is 21.6 Å². The number of sulfone groups is 1. The predicted octanol–water partition coefficient (Wildman–Crippen LogP) is 2.53. The Morgan fingerprint density at radius 1 is 0.956 bits per heavy atom. The van der Waals surface area contributed by atoms with Gasteiger partial charge in [0, 0.05) is 7.11 Å². The summed E-state index contributed by atoms with van der Waals surface area (Å²) in [6.45, 7) is 0. The Morgan fingerprint density at radius 2 is 1.62 bits per heavy atom. The molecular formula is C32H40N2O9S2. The van der Waals surface area contributed by atoms with Crippen LogP contribution in [0.15, 0.2) is 77.7 Å². The van der Waals surface area contributed by atoms with Gasteiger partial charge >= 0.3 is 5.97 Å². The lowest BCUT2D eigenvalue weighted by Gasteiger charge is -2.36. The molecule has 0 saturated heterocycles. The fourth-order valence-corrected chi connectivity index (χ4v) is 8.26. The molecule has 0 heterocycles. The molecule has 6 atom stereocenters. The summed E-state index contributed by atoms with van der Waals surface area (Å²) in [6.07, 6.45) is 1.04. The molecule has 45 heavy (non-hydrogen) atoms. The summed E-state index contributed by atoms with van der Waals surface area (Å²) < 4.78 is 59.0. The van der Waals surface area contributed by atoms with Crippen LogP contribution in [0.4, 0.5) is 0 Å². The fraction of sp³-hybridized carbons (Fsp3) is 0.438.